The van der Waals surface area contributed by atoms with Gasteiger partial charge < -0.3 is 26.6 Å². The van der Waals surface area contributed by atoms with E-state index in [9.17, 15) is 29.1 Å². The van der Waals surface area contributed by atoms with Crippen molar-refractivity contribution in [3.8, 4) is 0 Å². The standard InChI is InChI=1S/C17H17N11O8S3/c1-19-17(35)36-23-7(10-21-15(18)39-24-10)11(31)20-8-12(32)28-9(14(33)34)5(3-37-13(8)28)4-38-16-22-25-26-27(16)2-6(29)30/h8,13H,2-4H2,1H3,(H,19,35)(H,20,31)(H,29,30)(H,33,34)(H2,18,21,24)/b23-7+/t8-,13-/m1/s1. The van der Waals surface area contributed by atoms with Gasteiger partial charge in [-0.3, -0.25) is 24.1 Å². The third-order valence-electron chi connectivity index (χ3n) is 4.99. The Labute approximate surface area is 229 Å². The normalized spacial score (nSPS) is 18.7. The van der Waals surface area contributed by atoms with Crippen LogP contribution in [-0.2, 0) is 30.6 Å². The molecule has 1 fully saturated rings. The van der Waals surface area contributed by atoms with Crippen LogP contribution in [0.15, 0.2) is 21.6 Å². The van der Waals surface area contributed by atoms with Gasteiger partial charge >= 0.3 is 18.0 Å². The van der Waals surface area contributed by atoms with Crippen molar-refractivity contribution < 1.29 is 39.0 Å². The van der Waals surface area contributed by atoms with E-state index in [-0.39, 0.29) is 33.3 Å². The number of nitrogen functional groups attached to an aromatic ring is 1. The van der Waals surface area contributed by atoms with Crippen molar-refractivity contribution in [1.82, 2.24) is 45.1 Å². The second-order valence-corrected chi connectivity index (χ2v) is 10.3. The first-order valence-electron chi connectivity index (χ1n) is 10.5. The van der Waals surface area contributed by atoms with Crippen LogP contribution in [0.1, 0.15) is 5.82 Å². The number of amides is 3. The van der Waals surface area contributed by atoms with Crippen molar-refractivity contribution in [3.63, 3.8) is 0 Å². The number of tetrazole rings is 1. The van der Waals surface area contributed by atoms with E-state index >= 15 is 0 Å². The number of aliphatic carboxylic acids is 2. The number of hydrogen-bond donors (Lipinski definition) is 5. The SMILES string of the molecule is CNC(=O)O/N=C(/C(=O)N[C@@H]1C(=O)N2C(C(=O)O)=C(CSc3nnnn3CC(=O)O)CS[C@H]12)c1nsc(N)n1. The smallest absolute Gasteiger partial charge is 0.433 e. The maximum Gasteiger partial charge on any atom is 0.433 e. The van der Waals surface area contributed by atoms with Crippen LogP contribution in [-0.4, -0.2) is 110 Å². The van der Waals surface area contributed by atoms with Gasteiger partial charge in [-0.05, 0) is 16.0 Å². The highest BCUT2D eigenvalue weighted by Gasteiger charge is 2.54. The first-order valence-corrected chi connectivity index (χ1v) is 13.3. The molecule has 0 unspecified atom stereocenters. The van der Waals surface area contributed by atoms with E-state index < -0.39 is 53.5 Å². The van der Waals surface area contributed by atoms with Gasteiger partial charge in [0.25, 0.3) is 11.8 Å². The summed E-state index contributed by atoms with van der Waals surface area (Å²) in [7, 11) is 1.27. The fourth-order valence-electron chi connectivity index (χ4n) is 3.33. The molecule has 206 valence electrons. The van der Waals surface area contributed by atoms with Gasteiger partial charge in [0.15, 0.2) is 5.13 Å². The molecule has 2 aliphatic rings. The van der Waals surface area contributed by atoms with Crippen LogP contribution < -0.4 is 16.4 Å². The first-order chi connectivity index (χ1) is 18.6. The number of oxime groups is 1. The minimum absolute atomic E-state index is 0.0119. The number of fused-ring (bicyclic) bond motifs is 1. The molecule has 22 heteroatoms. The lowest BCUT2D eigenvalue weighted by Gasteiger charge is -2.49. The van der Waals surface area contributed by atoms with Gasteiger partial charge in [0, 0.05) is 30.1 Å². The number of β-lactam (4-membered cyclic amide) rings is 1. The zero-order chi connectivity index (χ0) is 28.3. The van der Waals surface area contributed by atoms with Crippen LogP contribution in [0.2, 0.25) is 0 Å². The fourth-order valence-corrected chi connectivity index (χ4v) is 6.13. The van der Waals surface area contributed by atoms with Crippen molar-refractivity contribution in [2.24, 2.45) is 5.16 Å². The summed E-state index contributed by atoms with van der Waals surface area (Å²) in [4.78, 5) is 69.9. The Morgan fingerprint density at radius 1 is 1.31 bits per heavy atom. The third-order valence-corrected chi connectivity index (χ3v) is 7.91. The van der Waals surface area contributed by atoms with Crippen LogP contribution in [0, 0.1) is 0 Å². The lowest BCUT2D eigenvalue weighted by atomic mass is 10.0. The number of thioether (sulfide) groups is 2. The lowest BCUT2D eigenvalue weighted by Crippen LogP contribution is -2.71. The molecule has 4 heterocycles. The number of nitrogens with zero attached hydrogens (tertiary/aromatic N) is 8. The number of carbonyl (C=O) groups excluding carboxylic acids is 3. The van der Waals surface area contributed by atoms with E-state index in [0.29, 0.717) is 5.57 Å². The molecular formula is C17H17N11O8S3. The molecule has 0 spiro atoms. The quantitative estimate of drug-likeness (QED) is 0.0636. The molecule has 0 saturated carbocycles. The number of hydrogen-bond acceptors (Lipinski definition) is 16. The second kappa shape index (κ2) is 11.6. The molecule has 2 atom stereocenters. The van der Waals surface area contributed by atoms with Gasteiger partial charge in [-0.25, -0.2) is 14.3 Å². The third kappa shape index (κ3) is 5.91. The summed E-state index contributed by atoms with van der Waals surface area (Å²) >= 11 is 2.98. The summed E-state index contributed by atoms with van der Waals surface area (Å²) in [5.74, 6) is -4.17. The Kier molecular flexibility index (Phi) is 8.25. The van der Waals surface area contributed by atoms with Crippen LogP contribution in [0.3, 0.4) is 0 Å². The first kappa shape index (κ1) is 27.7. The van der Waals surface area contributed by atoms with Gasteiger partial charge in [-0.2, -0.15) is 9.36 Å². The Morgan fingerprint density at radius 2 is 2.08 bits per heavy atom. The predicted molar refractivity (Wildman–Crippen MR) is 132 cm³/mol. The summed E-state index contributed by atoms with van der Waals surface area (Å²) in [6, 6.07) is -1.13. The van der Waals surface area contributed by atoms with Crippen molar-refractivity contribution in [2.75, 3.05) is 24.3 Å². The molecule has 39 heavy (non-hydrogen) atoms. The van der Waals surface area contributed by atoms with Crippen LogP contribution in [0.4, 0.5) is 9.93 Å². The van der Waals surface area contributed by atoms with Crippen molar-refractivity contribution >= 4 is 75.7 Å². The van der Waals surface area contributed by atoms with Crippen LogP contribution in [0.5, 0.6) is 0 Å². The number of anilines is 1. The number of carbonyl (C=O) groups is 5. The fraction of sp³-hybridized carbons (Fsp3) is 0.353. The highest BCUT2D eigenvalue weighted by molar-refractivity contribution is 8.01. The Bertz CT molecular complexity index is 1410. The minimum Gasteiger partial charge on any atom is -0.480 e. The van der Waals surface area contributed by atoms with Crippen molar-refractivity contribution in [3.05, 3.63) is 17.1 Å². The monoisotopic (exact) mass is 599 g/mol. The largest absolute Gasteiger partial charge is 0.480 e. The Balaban J connectivity index is 1.49. The second-order valence-electron chi connectivity index (χ2n) is 7.44. The number of carboxylic acid groups (broad SMARTS) is 2. The molecule has 3 amide bonds. The summed E-state index contributed by atoms with van der Waals surface area (Å²) in [6.07, 6.45) is -0.976. The van der Waals surface area contributed by atoms with E-state index in [1.165, 1.54) is 18.8 Å². The van der Waals surface area contributed by atoms with E-state index in [4.69, 9.17) is 10.8 Å². The summed E-state index contributed by atoms with van der Waals surface area (Å²) in [5.41, 5.74) is 5.15. The van der Waals surface area contributed by atoms with Gasteiger partial charge in [-0.1, -0.05) is 16.9 Å². The van der Waals surface area contributed by atoms with Crippen molar-refractivity contribution in [2.45, 2.75) is 23.1 Å². The number of nitrogens with one attached hydrogen (secondary N) is 2. The van der Waals surface area contributed by atoms with Gasteiger partial charge in [0.2, 0.25) is 16.7 Å². The van der Waals surface area contributed by atoms with E-state index in [2.05, 4.69) is 45.5 Å². The van der Waals surface area contributed by atoms with E-state index in [1.807, 2.05) is 0 Å². The molecule has 2 aromatic rings. The predicted octanol–water partition coefficient (Wildman–Crippen LogP) is -2.22. The Hall–Kier alpha value is -4.31. The molecule has 2 aromatic heterocycles. The molecule has 0 aromatic carbocycles. The summed E-state index contributed by atoms with van der Waals surface area (Å²) in [5, 5.41) is 37.0. The number of carboxylic acids is 2. The topological polar surface area (TPSA) is 270 Å². The zero-order valence-electron chi connectivity index (χ0n) is 19.5. The minimum atomic E-state index is -1.36. The molecular weight excluding hydrogens is 582 g/mol. The number of aromatic nitrogens is 6. The van der Waals surface area contributed by atoms with Gasteiger partial charge in [-0.15, -0.1) is 16.9 Å². The molecule has 0 bridgehead atoms. The zero-order valence-corrected chi connectivity index (χ0v) is 21.9. The van der Waals surface area contributed by atoms with E-state index in [0.717, 1.165) is 32.9 Å². The molecule has 6 N–H and O–H groups in total. The number of nitrogens with two attached hydrogens (primary N) is 1. The molecule has 0 radical (unpaired) electrons. The summed E-state index contributed by atoms with van der Waals surface area (Å²) in [6.45, 7) is -0.481. The number of rotatable bonds is 10. The maximum atomic E-state index is 13.0. The molecule has 2 aliphatic heterocycles. The average Bonchev–Trinajstić information content (AvgIpc) is 3.53. The van der Waals surface area contributed by atoms with E-state index in [1.54, 1.807) is 0 Å². The highest BCUT2D eigenvalue weighted by atomic mass is 32.2. The molecule has 4 rings (SSSR count). The maximum absolute atomic E-state index is 13.0. The molecule has 0 aliphatic carbocycles. The lowest BCUT2D eigenvalue weighted by molar-refractivity contribution is -0.150. The summed E-state index contributed by atoms with van der Waals surface area (Å²) < 4.78 is 4.91. The van der Waals surface area contributed by atoms with Crippen LogP contribution >= 0.6 is 35.1 Å². The van der Waals surface area contributed by atoms with Gasteiger partial charge in [0.05, 0.1) is 0 Å². The van der Waals surface area contributed by atoms with Crippen molar-refractivity contribution in [1.29, 1.82) is 0 Å². The molecule has 1 saturated heterocycles. The van der Waals surface area contributed by atoms with Gasteiger partial charge in [0.1, 0.15) is 23.7 Å². The highest BCUT2D eigenvalue weighted by Crippen LogP contribution is 2.41. The molecule has 19 nitrogen and oxygen atoms in total. The Morgan fingerprint density at radius 3 is 2.72 bits per heavy atom. The van der Waals surface area contributed by atoms with Crippen LogP contribution in [0.25, 0.3) is 0 Å². The average molecular weight is 600 g/mol.